The fourth-order valence-electron chi connectivity index (χ4n) is 4.43. The molecule has 0 spiro atoms. The van der Waals surface area contributed by atoms with Crippen molar-refractivity contribution in [3.63, 3.8) is 0 Å². The summed E-state index contributed by atoms with van der Waals surface area (Å²) in [7, 11) is 1.62. The Morgan fingerprint density at radius 3 is 2.29 bits per heavy atom. The fourth-order valence-corrected chi connectivity index (χ4v) is 4.43. The molecule has 0 saturated heterocycles. The third-order valence-corrected chi connectivity index (χ3v) is 6.09. The quantitative estimate of drug-likeness (QED) is 0.264. The number of ketones is 1. The molecule has 0 aliphatic carbocycles. The van der Waals surface area contributed by atoms with Crippen LogP contribution in [0.15, 0.2) is 103 Å². The Morgan fingerprint density at radius 1 is 0.824 bits per heavy atom. The monoisotopic (exact) mass is 443 g/mol. The number of nitrogens with zero attached hydrogens (tertiary/aromatic N) is 1. The molecule has 34 heavy (non-hydrogen) atoms. The number of carbonyl (C=O) groups excluding carboxylic acids is 1. The van der Waals surface area contributed by atoms with E-state index in [4.69, 9.17) is 9.72 Å². The number of para-hydroxylation sites is 1. The maximum absolute atomic E-state index is 14.1. The zero-order valence-corrected chi connectivity index (χ0v) is 19.3. The molecule has 1 heterocycles. The second-order valence-electron chi connectivity index (χ2n) is 8.42. The molecule has 4 aromatic carbocycles. The topological polar surface area (TPSA) is 39.2 Å². The third-order valence-electron chi connectivity index (χ3n) is 6.09. The van der Waals surface area contributed by atoms with Gasteiger partial charge in [0.25, 0.3) is 0 Å². The fraction of sp³-hybridized carbons (Fsp3) is 0.0968. The van der Waals surface area contributed by atoms with Gasteiger partial charge in [-0.1, -0.05) is 78.4 Å². The Kier molecular flexibility index (Phi) is 5.92. The second kappa shape index (κ2) is 9.32. The molecule has 0 aliphatic heterocycles. The normalized spacial score (nSPS) is 10.9. The minimum absolute atomic E-state index is 0.0394. The first-order valence-corrected chi connectivity index (χ1v) is 11.4. The van der Waals surface area contributed by atoms with Gasteiger partial charge in [0, 0.05) is 16.5 Å². The minimum Gasteiger partial charge on any atom is -0.497 e. The first-order chi connectivity index (χ1) is 16.6. The lowest BCUT2D eigenvalue weighted by Gasteiger charge is -2.17. The highest BCUT2D eigenvalue weighted by atomic mass is 16.5. The van der Waals surface area contributed by atoms with Gasteiger partial charge in [-0.3, -0.25) is 4.79 Å². The van der Waals surface area contributed by atoms with Crippen molar-refractivity contribution in [1.29, 1.82) is 0 Å². The maximum Gasteiger partial charge on any atom is 0.195 e. The molecule has 3 heteroatoms. The molecule has 0 amide bonds. The van der Waals surface area contributed by atoms with Gasteiger partial charge in [0.15, 0.2) is 5.78 Å². The zero-order valence-electron chi connectivity index (χ0n) is 19.3. The van der Waals surface area contributed by atoms with Crippen LogP contribution in [0.1, 0.15) is 32.6 Å². The molecule has 5 aromatic rings. The Bertz CT molecular complexity index is 1470. The minimum atomic E-state index is -0.0394. The molecule has 0 bridgehead atoms. The van der Waals surface area contributed by atoms with Crippen molar-refractivity contribution >= 4 is 16.7 Å². The summed E-state index contributed by atoms with van der Waals surface area (Å²) in [6, 6.07) is 33.8. The number of methoxy groups -OCH3 is 1. The van der Waals surface area contributed by atoms with Crippen LogP contribution in [0.4, 0.5) is 0 Å². The molecule has 0 atom stereocenters. The summed E-state index contributed by atoms with van der Waals surface area (Å²) in [6.07, 6.45) is 0.641. The Morgan fingerprint density at radius 2 is 1.56 bits per heavy atom. The Balaban J connectivity index is 1.79. The van der Waals surface area contributed by atoms with Gasteiger partial charge in [0.05, 0.1) is 23.9 Å². The summed E-state index contributed by atoms with van der Waals surface area (Å²) in [5.74, 6) is 0.680. The highest BCUT2D eigenvalue weighted by Crippen LogP contribution is 2.34. The predicted octanol–water partition coefficient (Wildman–Crippen LogP) is 7.04. The molecule has 0 N–H and O–H groups in total. The Hall–Kier alpha value is -4.24. The lowest BCUT2D eigenvalue weighted by Crippen LogP contribution is -2.11. The van der Waals surface area contributed by atoms with Gasteiger partial charge in [0.2, 0.25) is 0 Å². The average Bonchev–Trinajstić information content (AvgIpc) is 2.88. The van der Waals surface area contributed by atoms with E-state index in [1.165, 1.54) is 11.1 Å². The van der Waals surface area contributed by atoms with Crippen molar-refractivity contribution in [3.8, 4) is 17.0 Å². The SMILES string of the molecule is COc1ccc(C(=O)c2c(-c3ccccc3)nc3ccccc3c2Cc2cccc(C)c2)cc1. The van der Waals surface area contributed by atoms with Gasteiger partial charge in [-0.2, -0.15) is 0 Å². The number of rotatable bonds is 6. The first kappa shape index (κ1) is 21.6. The van der Waals surface area contributed by atoms with Crippen LogP contribution < -0.4 is 4.74 Å². The molecule has 0 radical (unpaired) electrons. The van der Waals surface area contributed by atoms with E-state index in [2.05, 4.69) is 37.3 Å². The number of aromatic nitrogens is 1. The van der Waals surface area contributed by atoms with E-state index in [1.807, 2.05) is 72.8 Å². The number of aryl methyl sites for hydroxylation is 1. The summed E-state index contributed by atoms with van der Waals surface area (Å²) < 4.78 is 5.30. The van der Waals surface area contributed by atoms with Crippen molar-refractivity contribution in [2.45, 2.75) is 13.3 Å². The van der Waals surface area contributed by atoms with E-state index < -0.39 is 0 Å². The molecule has 3 nitrogen and oxygen atoms in total. The van der Waals surface area contributed by atoms with Crippen LogP contribution >= 0.6 is 0 Å². The maximum atomic E-state index is 14.1. The van der Waals surface area contributed by atoms with Crippen LogP contribution in [0.5, 0.6) is 5.75 Å². The lowest BCUT2D eigenvalue weighted by molar-refractivity contribution is 0.103. The van der Waals surface area contributed by atoms with Crippen LogP contribution in [-0.4, -0.2) is 17.9 Å². The van der Waals surface area contributed by atoms with Crippen molar-refractivity contribution in [2.75, 3.05) is 7.11 Å². The van der Waals surface area contributed by atoms with E-state index in [0.29, 0.717) is 23.2 Å². The van der Waals surface area contributed by atoms with Gasteiger partial charge in [-0.25, -0.2) is 4.98 Å². The van der Waals surface area contributed by atoms with E-state index in [0.717, 1.165) is 27.8 Å². The summed E-state index contributed by atoms with van der Waals surface area (Å²) in [5, 5.41) is 1.00. The van der Waals surface area contributed by atoms with E-state index in [9.17, 15) is 4.79 Å². The molecule has 166 valence electrons. The number of carbonyl (C=O) groups is 1. The second-order valence-corrected chi connectivity index (χ2v) is 8.42. The number of benzene rings is 4. The van der Waals surface area contributed by atoms with E-state index >= 15 is 0 Å². The van der Waals surface area contributed by atoms with Gasteiger partial charge in [-0.05, 0) is 54.8 Å². The molecule has 0 fully saturated rings. The molecule has 0 saturated carbocycles. The summed E-state index contributed by atoms with van der Waals surface area (Å²) in [5.41, 5.74) is 7.14. The van der Waals surface area contributed by atoms with Crippen molar-refractivity contribution < 1.29 is 9.53 Å². The molecule has 0 aliphatic rings. The highest BCUT2D eigenvalue weighted by Gasteiger charge is 2.23. The average molecular weight is 444 g/mol. The lowest BCUT2D eigenvalue weighted by atomic mass is 9.88. The molecule has 1 aromatic heterocycles. The van der Waals surface area contributed by atoms with Crippen LogP contribution in [0.2, 0.25) is 0 Å². The van der Waals surface area contributed by atoms with Crippen molar-refractivity contribution in [2.24, 2.45) is 0 Å². The largest absolute Gasteiger partial charge is 0.497 e. The highest BCUT2D eigenvalue weighted by molar-refractivity contribution is 6.15. The van der Waals surface area contributed by atoms with Crippen LogP contribution in [0.3, 0.4) is 0 Å². The molecule has 0 unspecified atom stereocenters. The van der Waals surface area contributed by atoms with Crippen LogP contribution in [0, 0.1) is 6.92 Å². The zero-order chi connectivity index (χ0) is 23.5. The molecule has 5 rings (SSSR count). The number of hydrogen-bond donors (Lipinski definition) is 0. The van der Waals surface area contributed by atoms with Crippen molar-refractivity contribution in [3.05, 3.63) is 131 Å². The van der Waals surface area contributed by atoms with E-state index in [1.54, 1.807) is 7.11 Å². The third kappa shape index (κ3) is 4.20. The summed E-state index contributed by atoms with van der Waals surface area (Å²) >= 11 is 0. The number of pyridine rings is 1. The summed E-state index contributed by atoms with van der Waals surface area (Å²) in [6.45, 7) is 2.09. The number of hydrogen-bond acceptors (Lipinski definition) is 3. The molecular weight excluding hydrogens is 418 g/mol. The summed E-state index contributed by atoms with van der Waals surface area (Å²) in [4.78, 5) is 19.1. The van der Waals surface area contributed by atoms with Gasteiger partial charge in [0.1, 0.15) is 5.75 Å². The van der Waals surface area contributed by atoms with Crippen LogP contribution in [-0.2, 0) is 6.42 Å². The van der Waals surface area contributed by atoms with Gasteiger partial charge in [-0.15, -0.1) is 0 Å². The standard InChI is InChI=1S/C31H25NO2/c1-21-9-8-10-22(19-21)20-27-26-13-6-7-14-28(26)32-30(23-11-4-3-5-12-23)29(27)31(33)24-15-17-25(34-2)18-16-24/h3-19H,20H2,1-2H3. The van der Waals surface area contributed by atoms with Crippen LogP contribution in [0.25, 0.3) is 22.2 Å². The number of fused-ring (bicyclic) bond motifs is 1. The smallest absolute Gasteiger partial charge is 0.195 e. The number of ether oxygens (including phenoxy) is 1. The van der Waals surface area contributed by atoms with Crippen molar-refractivity contribution in [1.82, 2.24) is 4.98 Å². The predicted molar refractivity (Wildman–Crippen MR) is 138 cm³/mol. The van der Waals surface area contributed by atoms with Gasteiger partial charge < -0.3 is 4.74 Å². The first-order valence-electron chi connectivity index (χ1n) is 11.4. The van der Waals surface area contributed by atoms with E-state index in [-0.39, 0.29) is 5.78 Å². The van der Waals surface area contributed by atoms with Gasteiger partial charge >= 0.3 is 0 Å². The molecular formula is C31H25NO2. The Labute approximate surface area is 199 Å².